The van der Waals surface area contributed by atoms with Gasteiger partial charge in [0.1, 0.15) is 0 Å². The van der Waals surface area contributed by atoms with Crippen LogP contribution in [0.3, 0.4) is 0 Å². The van der Waals surface area contributed by atoms with Gasteiger partial charge in [0.05, 0.1) is 6.04 Å². The van der Waals surface area contributed by atoms with E-state index in [2.05, 4.69) is 39.9 Å². The van der Waals surface area contributed by atoms with Gasteiger partial charge in [-0.3, -0.25) is 4.90 Å². The van der Waals surface area contributed by atoms with Crippen LogP contribution in [-0.2, 0) is 0 Å². The van der Waals surface area contributed by atoms with E-state index in [-0.39, 0.29) is 30.9 Å². The summed E-state index contributed by atoms with van der Waals surface area (Å²) in [6.07, 6.45) is 0. The van der Waals surface area contributed by atoms with Crippen LogP contribution in [0.1, 0.15) is 16.5 Å². The number of nitrogens with one attached hydrogen (secondary N) is 1. The van der Waals surface area contributed by atoms with Crippen LogP contribution in [0, 0.1) is 0 Å². The Balaban J connectivity index is 0.00000110. The van der Waals surface area contributed by atoms with Gasteiger partial charge in [0, 0.05) is 36.1 Å². The first-order valence-corrected chi connectivity index (χ1v) is 7.84. The van der Waals surface area contributed by atoms with Gasteiger partial charge in [-0.15, -0.1) is 36.2 Å². The summed E-state index contributed by atoms with van der Waals surface area (Å²) >= 11 is 8.22. The highest BCUT2D eigenvalue weighted by molar-refractivity contribution is 7.10. The zero-order valence-electron chi connectivity index (χ0n) is 11.5. The molecular formula is C15H19Cl3N2S. The molecule has 1 aliphatic heterocycles. The summed E-state index contributed by atoms with van der Waals surface area (Å²) < 4.78 is 0. The van der Waals surface area contributed by atoms with E-state index in [0.29, 0.717) is 0 Å². The Morgan fingerprint density at radius 3 is 2.38 bits per heavy atom. The van der Waals surface area contributed by atoms with Crippen molar-refractivity contribution in [3.8, 4) is 0 Å². The first-order chi connectivity index (χ1) is 9.36. The Morgan fingerprint density at radius 2 is 1.76 bits per heavy atom. The normalized spacial score (nSPS) is 16.6. The highest BCUT2D eigenvalue weighted by Crippen LogP contribution is 2.35. The third-order valence-corrected chi connectivity index (χ3v) is 4.80. The Labute approximate surface area is 147 Å². The molecule has 0 radical (unpaired) electrons. The van der Waals surface area contributed by atoms with Gasteiger partial charge in [-0.25, -0.2) is 0 Å². The van der Waals surface area contributed by atoms with Crippen molar-refractivity contribution in [2.24, 2.45) is 0 Å². The Hall–Kier alpha value is -0.290. The summed E-state index contributed by atoms with van der Waals surface area (Å²) in [6, 6.07) is 12.8. The topological polar surface area (TPSA) is 15.3 Å². The van der Waals surface area contributed by atoms with Gasteiger partial charge in [0.15, 0.2) is 0 Å². The van der Waals surface area contributed by atoms with Crippen molar-refractivity contribution in [1.29, 1.82) is 0 Å². The average molecular weight is 366 g/mol. The smallest absolute Gasteiger partial charge is 0.0711 e. The van der Waals surface area contributed by atoms with Crippen molar-refractivity contribution in [2.75, 3.05) is 26.2 Å². The van der Waals surface area contributed by atoms with E-state index in [9.17, 15) is 0 Å². The van der Waals surface area contributed by atoms with E-state index in [1.807, 2.05) is 23.5 Å². The third kappa shape index (κ3) is 4.35. The van der Waals surface area contributed by atoms with Crippen molar-refractivity contribution in [3.63, 3.8) is 0 Å². The SMILES string of the molecule is Cl.Cl.Clc1ccccc1[C@H](c1cccs1)N1CCNCC1. The fraction of sp³-hybridized carbons (Fsp3) is 0.333. The zero-order chi connectivity index (χ0) is 13.1. The Morgan fingerprint density at radius 1 is 1.05 bits per heavy atom. The summed E-state index contributed by atoms with van der Waals surface area (Å²) in [7, 11) is 0. The highest BCUT2D eigenvalue weighted by Gasteiger charge is 2.25. The molecule has 2 nitrogen and oxygen atoms in total. The lowest BCUT2D eigenvalue weighted by molar-refractivity contribution is 0.201. The molecule has 1 fully saturated rings. The van der Waals surface area contributed by atoms with E-state index in [1.165, 1.54) is 10.4 Å². The predicted molar refractivity (Wildman–Crippen MR) is 96.6 cm³/mol. The molecule has 3 rings (SSSR count). The zero-order valence-corrected chi connectivity index (χ0v) is 14.7. The first-order valence-electron chi connectivity index (χ1n) is 6.59. The van der Waals surface area contributed by atoms with E-state index in [0.717, 1.165) is 31.2 Å². The minimum absolute atomic E-state index is 0. The molecule has 0 saturated carbocycles. The molecule has 1 aromatic carbocycles. The van der Waals surface area contributed by atoms with Crippen LogP contribution in [0.5, 0.6) is 0 Å². The van der Waals surface area contributed by atoms with Crippen LogP contribution in [0.4, 0.5) is 0 Å². The van der Waals surface area contributed by atoms with E-state index >= 15 is 0 Å². The molecule has 1 atom stereocenters. The lowest BCUT2D eigenvalue weighted by Gasteiger charge is -2.35. The summed E-state index contributed by atoms with van der Waals surface area (Å²) in [4.78, 5) is 3.89. The minimum Gasteiger partial charge on any atom is -0.314 e. The van der Waals surface area contributed by atoms with Gasteiger partial charge in [-0.05, 0) is 23.1 Å². The van der Waals surface area contributed by atoms with Crippen molar-refractivity contribution < 1.29 is 0 Å². The van der Waals surface area contributed by atoms with Gasteiger partial charge in [0.25, 0.3) is 0 Å². The molecule has 21 heavy (non-hydrogen) atoms. The molecular weight excluding hydrogens is 347 g/mol. The molecule has 2 aromatic rings. The van der Waals surface area contributed by atoms with Crippen molar-refractivity contribution >= 4 is 47.8 Å². The van der Waals surface area contributed by atoms with Gasteiger partial charge >= 0.3 is 0 Å². The molecule has 1 aromatic heterocycles. The van der Waals surface area contributed by atoms with Gasteiger partial charge < -0.3 is 5.32 Å². The number of thiophene rings is 1. The lowest BCUT2D eigenvalue weighted by Crippen LogP contribution is -2.45. The molecule has 2 heterocycles. The second-order valence-corrected chi connectivity index (χ2v) is 6.11. The number of piperazine rings is 1. The van der Waals surface area contributed by atoms with Crippen LogP contribution in [0.2, 0.25) is 5.02 Å². The maximum Gasteiger partial charge on any atom is 0.0711 e. The minimum atomic E-state index is 0. The molecule has 0 bridgehead atoms. The molecule has 1 aliphatic rings. The molecule has 1 N–H and O–H groups in total. The first kappa shape index (κ1) is 18.8. The molecule has 6 heteroatoms. The number of benzene rings is 1. The number of hydrogen-bond acceptors (Lipinski definition) is 3. The van der Waals surface area contributed by atoms with Gasteiger partial charge in [-0.2, -0.15) is 0 Å². The van der Waals surface area contributed by atoms with Crippen LogP contribution in [0.15, 0.2) is 41.8 Å². The van der Waals surface area contributed by atoms with Crippen molar-refractivity contribution in [1.82, 2.24) is 10.2 Å². The Kier molecular flexibility index (Phi) is 8.03. The molecule has 116 valence electrons. The second-order valence-electron chi connectivity index (χ2n) is 4.73. The Bertz CT molecular complexity index is 527. The van der Waals surface area contributed by atoms with Crippen LogP contribution < -0.4 is 5.32 Å². The van der Waals surface area contributed by atoms with Crippen LogP contribution in [0.25, 0.3) is 0 Å². The highest BCUT2D eigenvalue weighted by atomic mass is 35.5. The largest absolute Gasteiger partial charge is 0.314 e. The number of nitrogens with zero attached hydrogens (tertiary/aromatic N) is 1. The van der Waals surface area contributed by atoms with Gasteiger partial charge in [0.2, 0.25) is 0 Å². The third-order valence-electron chi connectivity index (χ3n) is 3.53. The van der Waals surface area contributed by atoms with Gasteiger partial charge in [-0.1, -0.05) is 35.9 Å². The number of rotatable bonds is 3. The fourth-order valence-corrected chi connectivity index (χ4v) is 3.73. The summed E-state index contributed by atoms with van der Waals surface area (Å²) in [5.41, 5.74) is 1.22. The van der Waals surface area contributed by atoms with Crippen LogP contribution in [-0.4, -0.2) is 31.1 Å². The van der Waals surface area contributed by atoms with E-state index < -0.39 is 0 Å². The summed E-state index contributed by atoms with van der Waals surface area (Å²) in [5.74, 6) is 0. The second kappa shape index (κ2) is 8.99. The lowest BCUT2D eigenvalue weighted by atomic mass is 10.0. The fourth-order valence-electron chi connectivity index (χ4n) is 2.61. The van der Waals surface area contributed by atoms with Crippen molar-refractivity contribution in [3.05, 3.63) is 57.2 Å². The quantitative estimate of drug-likeness (QED) is 0.875. The van der Waals surface area contributed by atoms with Crippen molar-refractivity contribution in [2.45, 2.75) is 6.04 Å². The number of hydrogen-bond donors (Lipinski definition) is 1. The van der Waals surface area contributed by atoms with Crippen LogP contribution >= 0.6 is 47.8 Å². The maximum absolute atomic E-state index is 6.42. The number of halogens is 3. The molecule has 1 saturated heterocycles. The summed E-state index contributed by atoms with van der Waals surface area (Å²) in [5, 5.41) is 6.41. The average Bonchev–Trinajstić information content (AvgIpc) is 2.96. The summed E-state index contributed by atoms with van der Waals surface area (Å²) in [6.45, 7) is 4.22. The maximum atomic E-state index is 6.42. The van der Waals surface area contributed by atoms with E-state index in [1.54, 1.807) is 0 Å². The molecule has 0 aliphatic carbocycles. The molecule has 0 unspecified atom stereocenters. The van der Waals surface area contributed by atoms with E-state index in [4.69, 9.17) is 11.6 Å². The molecule has 0 amide bonds. The molecule has 0 spiro atoms. The predicted octanol–water partition coefficient (Wildman–Crippen LogP) is 4.24. The standard InChI is InChI=1S/C15H17ClN2S.2ClH/c16-13-5-2-1-4-12(13)15(14-6-3-11-19-14)18-9-7-17-8-10-18;;/h1-6,11,15,17H,7-10H2;2*1H/t15-;;/m1../s1. The monoisotopic (exact) mass is 364 g/mol.